The van der Waals surface area contributed by atoms with Gasteiger partial charge in [0.1, 0.15) is 0 Å². The average molecular weight is 373 g/mol. The van der Waals surface area contributed by atoms with E-state index in [1.165, 1.54) is 2.88 Å². The molecule has 1 aliphatic heterocycles. The van der Waals surface area contributed by atoms with Crippen LogP contribution in [0.5, 0.6) is 0 Å². The van der Waals surface area contributed by atoms with Gasteiger partial charge in [0.2, 0.25) is 0 Å². The van der Waals surface area contributed by atoms with Crippen LogP contribution in [0, 0.1) is 2.88 Å². The Hall–Kier alpha value is 0.150. The number of hydrogen-bond acceptors (Lipinski definition) is 3. The fourth-order valence-corrected chi connectivity index (χ4v) is 3.04. The minimum Gasteiger partial charge on any atom is -0.336 e. The Morgan fingerprint density at radius 1 is 1.69 bits per heavy atom. The summed E-state index contributed by atoms with van der Waals surface area (Å²) in [5.74, 6) is 0.169. The van der Waals surface area contributed by atoms with Crippen molar-refractivity contribution >= 4 is 52.2 Å². The lowest BCUT2D eigenvalue weighted by Crippen LogP contribution is -2.51. The molecule has 1 atom stereocenters. The van der Waals surface area contributed by atoms with Crippen molar-refractivity contribution in [3.63, 3.8) is 0 Å². The van der Waals surface area contributed by atoms with E-state index in [2.05, 4.69) is 34.8 Å². The molecule has 2 rings (SSSR count). The number of nitrogens with zero attached hydrogens (tertiary/aromatic N) is 1. The second kappa shape index (κ2) is 6.18. The Bertz CT molecular complexity index is 371. The molecule has 90 valence electrons. The fraction of sp³-hybridized carbons (Fsp3) is 0.500. The normalized spacial score (nSPS) is 20.4. The van der Waals surface area contributed by atoms with Gasteiger partial charge in [-0.05, 0) is 35.6 Å². The molecule has 1 N–H and O–H groups in total. The van der Waals surface area contributed by atoms with Crippen LogP contribution in [0.1, 0.15) is 17.3 Å². The molecule has 0 bridgehead atoms. The smallest absolute Gasteiger partial charge is 0.254 e. The maximum atomic E-state index is 12.1. The van der Waals surface area contributed by atoms with Crippen molar-refractivity contribution in [1.82, 2.24) is 10.2 Å². The summed E-state index contributed by atoms with van der Waals surface area (Å²) in [5, 5.41) is 5.27. The molecule has 0 spiro atoms. The monoisotopic (exact) mass is 372 g/mol. The van der Waals surface area contributed by atoms with Gasteiger partial charge in [-0.3, -0.25) is 4.79 Å². The van der Waals surface area contributed by atoms with Crippen molar-refractivity contribution < 1.29 is 4.79 Å². The van der Waals surface area contributed by atoms with Gasteiger partial charge in [0.05, 0.1) is 8.45 Å². The lowest BCUT2D eigenvalue weighted by molar-refractivity contribution is 0.0709. The topological polar surface area (TPSA) is 32.3 Å². The number of thiophene rings is 1. The molecule has 1 fully saturated rings. The van der Waals surface area contributed by atoms with Crippen LogP contribution in [-0.4, -0.2) is 36.5 Å². The van der Waals surface area contributed by atoms with E-state index in [1.54, 1.807) is 11.3 Å². The Labute approximate surface area is 119 Å². The number of hydrogen-bond donors (Lipinski definition) is 1. The number of rotatable bonds is 1. The molecule has 1 aromatic rings. The predicted octanol–water partition coefficient (Wildman–Crippen LogP) is 2.21. The first kappa shape index (κ1) is 14.2. The Kier molecular flexibility index (Phi) is 5.49. The number of nitrogens with one attached hydrogen (secondary N) is 1. The molecule has 2 heterocycles. The molecule has 1 aromatic heterocycles. The maximum absolute atomic E-state index is 12.1. The highest BCUT2D eigenvalue weighted by Gasteiger charge is 2.21. The number of carbonyl (C=O) groups is 1. The first-order valence-electron chi connectivity index (χ1n) is 4.93. The molecular weight excluding hydrogens is 359 g/mol. The van der Waals surface area contributed by atoms with Crippen LogP contribution in [0.25, 0.3) is 0 Å². The van der Waals surface area contributed by atoms with Gasteiger partial charge >= 0.3 is 0 Å². The molecule has 0 saturated carbocycles. The number of carbonyl (C=O) groups excluding carboxylic acids is 1. The minimum absolute atomic E-state index is 0. The van der Waals surface area contributed by atoms with Crippen molar-refractivity contribution in [3.8, 4) is 0 Å². The van der Waals surface area contributed by atoms with Crippen LogP contribution in [-0.2, 0) is 0 Å². The summed E-state index contributed by atoms with van der Waals surface area (Å²) >= 11 is 3.87. The van der Waals surface area contributed by atoms with Gasteiger partial charge in [-0.25, -0.2) is 0 Å². The van der Waals surface area contributed by atoms with Crippen molar-refractivity contribution in [2.75, 3.05) is 19.6 Å². The molecule has 3 nitrogen and oxygen atoms in total. The van der Waals surface area contributed by atoms with Crippen molar-refractivity contribution in [3.05, 3.63) is 19.9 Å². The van der Waals surface area contributed by atoms with E-state index in [4.69, 9.17) is 0 Å². The van der Waals surface area contributed by atoms with E-state index in [9.17, 15) is 4.79 Å². The minimum atomic E-state index is 0. The first-order chi connectivity index (χ1) is 7.16. The Balaban J connectivity index is 0.00000128. The van der Waals surface area contributed by atoms with E-state index in [0.29, 0.717) is 6.04 Å². The van der Waals surface area contributed by atoms with E-state index in [0.717, 1.165) is 25.2 Å². The zero-order chi connectivity index (χ0) is 10.8. The predicted molar refractivity (Wildman–Crippen MR) is 77.7 cm³/mol. The van der Waals surface area contributed by atoms with Gasteiger partial charge in [0.25, 0.3) is 5.91 Å². The molecular formula is C10H14ClIN2OS. The standard InChI is InChI=1S/C10H13IN2OS.ClH/c1-7-5-13(3-2-12-7)10(14)8-4-9(11)15-6-8;/h4,6-7,12H,2-3,5H2,1H3;1H. The van der Waals surface area contributed by atoms with Crippen LogP contribution >= 0.6 is 46.3 Å². The summed E-state index contributed by atoms with van der Waals surface area (Å²) in [4.78, 5) is 14.0. The fourth-order valence-electron chi connectivity index (χ4n) is 1.72. The second-order valence-electron chi connectivity index (χ2n) is 3.75. The third-order valence-electron chi connectivity index (χ3n) is 2.47. The van der Waals surface area contributed by atoms with E-state index >= 15 is 0 Å². The summed E-state index contributed by atoms with van der Waals surface area (Å²) < 4.78 is 1.17. The molecule has 1 saturated heterocycles. The Morgan fingerprint density at radius 2 is 2.44 bits per heavy atom. The van der Waals surface area contributed by atoms with Crippen LogP contribution in [0.4, 0.5) is 0 Å². The van der Waals surface area contributed by atoms with E-state index < -0.39 is 0 Å². The molecule has 0 radical (unpaired) electrons. The van der Waals surface area contributed by atoms with Gasteiger partial charge in [-0.1, -0.05) is 0 Å². The zero-order valence-corrected chi connectivity index (χ0v) is 12.7. The van der Waals surface area contributed by atoms with Crippen molar-refractivity contribution in [2.45, 2.75) is 13.0 Å². The van der Waals surface area contributed by atoms with Gasteiger partial charge in [-0.2, -0.15) is 0 Å². The third-order valence-corrected chi connectivity index (χ3v) is 4.26. The molecule has 6 heteroatoms. The third kappa shape index (κ3) is 3.32. The summed E-state index contributed by atoms with van der Waals surface area (Å²) in [6.07, 6.45) is 0. The van der Waals surface area contributed by atoms with Gasteiger partial charge in [0, 0.05) is 31.1 Å². The molecule has 0 aromatic carbocycles. The Morgan fingerprint density at radius 3 is 3.00 bits per heavy atom. The number of piperazine rings is 1. The van der Waals surface area contributed by atoms with Crippen molar-refractivity contribution in [2.24, 2.45) is 0 Å². The molecule has 0 aliphatic carbocycles. The average Bonchev–Trinajstić information content (AvgIpc) is 2.64. The quantitative estimate of drug-likeness (QED) is 0.767. The zero-order valence-electron chi connectivity index (χ0n) is 8.90. The molecule has 1 aliphatic rings. The second-order valence-corrected chi connectivity index (χ2v) is 6.55. The van der Waals surface area contributed by atoms with Crippen LogP contribution < -0.4 is 5.32 Å². The highest BCUT2D eigenvalue weighted by Crippen LogP contribution is 2.18. The van der Waals surface area contributed by atoms with Crippen LogP contribution in [0.15, 0.2) is 11.4 Å². The van der Waals surface area contributed by atoms with E-state index in [1.807, 2.05) is 16.3 Å². The lowest BCUT2D eigenvalue weighted by Gasteiger charge is -2.31. The summed E-state index contributed by atoms with van der Waals surface area (Å²) in [6, 6.07) is 2.36. The SMILES string of the molecule is CC1CN(C(=O)c2csc(I)c2)CCN1.Cl. The summed E-state index contributed by atoms with van der Waals surface area (Å²) in [5.41, 5.74) is 0.832. The van der Waals surface area contributed by atoms with Crippen LogP contribution in [0.2, 0.25) is 0 Å². The molecule has 1 unspecified atom stereocenters. The summed E-state index contributed by atoms with van der Waals surface area (Å²) in [6.45, 7) is 4.63. The number of halogens is 2. The van der Waals surface area contributed by atoms with Gasteiger partial charge < -0.3 is 10.2 Å². The van der Waals surface area contributed by atoms with E-state index in [-0.39, 0.29) is 18.3 Å². The van der Waals surface area contributed by atoms with Crippen LogP contribution in [0.3, 0.4) is 0 Å². The highest BCUT2D eigenvalue weighted by atomic mass is 127. The van der Waals surface area contributed by atoms with Gasteiger partial charge in [-0.15, -0.1) is 23.7 Å². The first-order valence-corrected chi connectivity index (χ1v) is 6.89. The maximum Gasteiger partial charge on any atom is 0.254 e. The number of amides is 1. The molecule has 1 amide bonds. The lowest BCUT2D eigenvalue weighted by atomic mass is 10.2. The summed E-state index contributed by atoms with van der Waals surface area (Å²) in [7, 11) is 0. The largest absolute Gasteiger partial charge is 0.336 e. The van der Waals surface area contributed by atoms with Gasteiger partial charge in [0.15, 0.2) is 0 Å². The molecule has 16 heavy (non-hydrogen) atoms. The van der Waals surface area contributed by atoms with Crippen molar-refractivity contribution in [1.29, 1.82) is 0 Å². The highest BCUT2D eigenvalue weighted by molar-refractivity contribution is 14.1.